The van der Waals surface area contributed by atoms with Gasteiger partial charge in [0.2, 0.25) is 0 Å². The van der Waals surface area contributed by atoms with E-state index in [4.69, 9.17) is 0 Å². The van der Waals surface area contributed by atoms with Crippen LogP contribution in [0.15, 0.2) is 23.2 Å². The fraction of sp³-hybridized carbons (Fsp3) is 0.667. The Morgan fingerprint density at radius 1 is 1.17 bits per heavy atom. The third kappa shape index (κ3) is 6.94. The quantitative estimate of drug-likeness (QED) is 0.342. The summed E-state index contributed by atoms with van der Waals surface area (Å²) < 4.78 is 27.1. The first-order valence-corrected chi connectivity index (χ1v) is 10.5. The molecule has 2 heterocycles. The molecule has 0 bridgehead atoms. The second-order valence-electron chi connectivity index (χ2n) is 7.84. The molecule has 1 atom stereocenters. The summed E-state index contributed by atoms with van der Waals surface area (Å²) >= 11 is 0. The predicted octanol–water partition coefficient (Wildman–Crippen LogP) is 3.45. The molecule has 2 saturated heterocycles. The number of hydrogen-bond acceptors (Lipinski definition) is 3. The van der Waals surface area contributed by atoms with Crippen molar-refractivity contribution in [3.8, 4) is 0 Å². The lowest BCUT2D eigenvalue weighted by Gasteiger charge is -2.31. The van der Waals surface area contributed by atoms with E-state index in [1.165, 1.54) is 38.1 Å². The van der Waals surface area contributed by atoms with Crippen molar-refractivity contribution in [3.05, 3.63) is 29.8 Å². The van der Waals surface area contributed by atoms with Crippen molar-refractivity contribution in [1.29, 1.82) is 0 Å². The minimum absolute atomic E-state index is 0. The lowest BCUT2D eigenvalue weighted by atomic mass is 9.93. The number of aliphatic imine (C=N–C) groups is 1. The summed E-state index contributed by atoms with van der Waals surface area (Å²) in [5, 5.41) is 6.87. The zero-order valence-corrected chi connectivity index (χ0v) is 19.8. The van der Waals surface area contributed by atoms with Crippen LogP contribution < -0.4 is 15.5 Å². The largest absolute Gasteiger partial charge is 0.367 e. The molecule has 2 fully saturated rings. The number of benzene rings is 1. The standard InChI is InChI=1S/C21H33F2N5.HI/c1-3-27-11-7-16(8-12-27)6-10-25-21(24-2)26-18-9-13-28(15-18)20-5-4-17(22)14-19(20)23;/h4-5,14,16,18H,3,6-13,15H2,1-2H3,(H2,24,25,26);1H. The molecule has 0 radical (unpaired) electrons. The summed E-state index contributed by atoms with van der Waals surface area (Å²) in [7, 11) is 1.78. The van der Waals surface area contributed by atoms with Gasteiger partial charge in [-0.05, 0) is 63.4 Å². The molecule has 1 aromatic carbocycles. The van der Waals surface area contributed by atoms with Crippen molar-refractivity contribution in [1.82, 2.24) is 15.5 Å². The first-order chi connectivity index (χ1) is 13.6. The van der Waals surface area contributed by atoms with Gasteiger partial charge in [-0.15, -0.1) is 24.0 Å². The molecule has 1 unspecified atom stereocenters. The molecule has 3 rings (SSSR count). The number of anilines is 1. The molecule has 0 aromatic heterocycles. The Morgan fingerprint density at radius 3 is 2.59 bits per heavy atom. The normalized spacial score (nSPS) is 21.2. The smallest absolute Gasteiger partial charge is 0.191 e. The lowest BCUT2D eigenvalue weighted by Crippen LogP contribution is -2.45. The monoisotopic (exact) mass is 521 g/mol. The number of hydrogen-bond donors (Lipinski definition) is 2. The summed E-state index contributed by atoms with van der Waals surface area (Å²) in [5.41, 5.74) is 0.465. The van der Waals surface area contributed by atoms with Gasteiger partial charge in [-0.1, -0.05) is 6.92 Å². The molecular weight excluding hydrogens is 487 g/mol. The highest BCUT2D eigenvalue weighted by Crippen LogP contribution is 2.24. The molecule has 8 heteroatoms. The Kier molecular flexibility index (Phi) is 9.88. The molecule has 1 aromatic rings. The lowest BCUT2D eigenvalue weighted by molar-refractivity contribution is 0.187. The van der Waals surface area contributed by atoms with E-state index < -0.39 is 11.6 Å². The van der Waals surface area contributed by atoms with Crippen LogP contribution in [-0.4, -0.2) is 63.2 Å². The van der Waals surface area contributed by atoms with Crippen molar-refractivity contribution in [2.24, 2.45) is 10.9 Å². The molecule has 2 aliphatic rings. The fourth-order valence-electron chi connectivity index (χ4n) is 4.21. The van der Waals surface area contributed by atoms with Crippen molar-refractivity contribution in [3.63, 3.8) is 0 Å². The number of guanidine groups is 1. The van der Waals surface area contributed by atoms with Crippen molar-refractivity contribution >= 4 is 35.6 Å². The number of piperidine rings is 1. The van der Waals surface area contributed by atoms with Gasteiger partial charge in [0.05, 0.1) is 5.69 Å². The van der Waals surface area contributed by atoms with E-state index in [2.05, 4.69) is 27.4 Å². The Labute approximate surface area is 190 Å². The molecular formula is C21H34F2IN5. The summed E-state index contributed by atoms with van der Waals surface area (Å²) in [6.07, 6.45) is 4.62. The van der Waals surface area contributed by atoms with Gasteiger partial charge in [0, 0.05) is 38.8 Å². The van der Waals surface area contributed by atoms with Gasteiger partial charge in [0.1, 0.15) is 11.6 Å². The molecule has 5 nitrogen and oxygen atoms in total. The van der Waals surface area contributed by atoms with E-state index in [-0.39, 0.29) is 30.0 Å². The molecule has 0 amide bonds. The second-order valence-corrected chi connectivity index (χ2v) is 7.84. The number of nitrogens with zero attached hydrogens (tertiary/aromatic N) is 3. The van der Waals surface area contributed by atoms with Gasteiger partial charge in [-0.2, -0.15) is 0 Å². The van der Waals surface area contributed by atoms with Crippen molar-refractivity contribution < 1.29 is 8.78 Å². The zero-order valence-electron chi connectivity index (χ0n) is 17.5. The van der Waals surface area contributed by atoms with Gasteiger partial charge < -0.3 is 20.4 Å². The van der Waals surface area contributed by atoms with Crippen molar-refractivity contribution in [2.75, 3.05) is 51.2 Å². The average Bonchev–Trinajstić information content (AvgIpc) is 3.16. The highest BCUT2D eigenvalue weighted by Gasteiger charge is 2.25. The van der Waals surface area contributed by atoms with Crippen LogP contribution in [0.25, 0.3) is 0 Å². The number of halogens is 3. The first-order valence-electron chi connectivity index (χ1n) is 10.5. The van der Waals surface area contributed by atoms with E-state index in [0.29, 0.717) is 12.2 Å². The maximum Gasteiger partial charge on any atom is 0.191 e. The van der Waals surface area contributed by atoms with Crippen molar-refractivity contribution in [2.45, 2.75) is 38.6 Å². The van der Waals surface area contributed by atoms with Crippen LogP contribution >= 0.6 is 24.0 Å². The van der Waals surface area contributed by atoms with E-state index in [1.54, 1.807) is 7.05 Å². The minimum Gasteiger partial charge on any atom is -0.367 e. The highest BCUT2D eigenvalue weighted by molar-refractivity contribution is 14.0. The van der Waals surface area contributed by atoms with E-state index in [0.717, 1.165) is 50.4 Å². The van der Waals surface area contributed by atoms with Crippen LogP contribution in [0.4, 0.5) is 14.5 Å². The third-order valence-electron chi connectivity index (χ3n) is 6.00. The van der Waals surface area contributed by atoms with Crippen LogP contribution in [0, 0.1) is 17.6 Å². The van der Waals surface area contributed by atoms with Crippen LogP contribution in [-0.2, 0) is 0 Å². The summed E-state index contributed by atoms with van der Waals surface area (Å²) in [6.45, 7) is 8.15. The van der Waals surface area contributed by atoms with Crippen LogP contribution in [0.5, 0.6) is 0 Å². The minimum atomic E-state index is -0.542. The van der Waals surface area contributed by atoms with Gasteiger partial charge >= 0.3 is 0 Å². The molecule has 164 valence electrons. The van der Waals surface area contributed by atoms with Gasteiger partial charge in [0.25, 0.3) is 0 Å². The van der Waals surface area contributed by atoms with Gasteiger partial charge in [-0.25, -0.2) is 8.78 Å². The SMILES string of the molecule is CCN1CCC(CCNC(=NC)NC2CCN(c3ccc(F)cc3F)C2)CC1.I. The van der Waals surface area contributed by atoms with Gasteiger partial charge in [0.15, 0.2) is 5.96 Å². The summed E-state index contributed by atoms with van der Waals surface area (Å²) in [4.78, 5) is 8.80. The van der Waals surface area contributed by atoms with E-state index in [1.807, 2.05) is 4.90 Å². The average molecular weight is 521 g/mol. The molecule has 0 saturated carbocycles. The number of likely N-dealkylation sites (tertiary alicyclic amines) is 1. The number of rotatable bonds is 6. The van der Waals surface area contributed by atoms with Crippen LogP contribution in [0.3, 0.4) is 0 Å². The maximum absolute atomic E-state index is 14.0. The Bertz CT molecular complexity index is 664. The first kappa shape index (κ1) is 24.1. The Morgan fingerprint density at radius 2 is 1.93 bits per heavy atom. The fourth-order valence-corrected chi connectivity index (χ4v) is 4.21. The van der Waals surface area contributed by atoms with E-state index >= 15 is 0 Å². The predicted molar refractivity (Wildman–Crippen MR) is 126 cm³/mol. The second kappa shape index (κ2) is 11.9. The topological polar surface area (TPSA) is 42.9 Å². The molecule has 2 aliphatic heterocycles. The molecule has 0 aliphatic carbocycles. The third-order valence-corrected chi connectivity index (χ3v) is 6.00. The zero-order chi connectivity index (χ0) is 19.9. The Hall–Kier alpha value is -1.16. The summed E-state index contributed by atoms with van der Waals surface area (Å²) in [5.74, 6) is 0.548. The van der Waals surface area contributed by atoms with Crippen LogP contribution in [0.1, 0.15) is 32.6 Å². The number of nitrogens with one attached hydrogen (secondary N) is 2. The highest BCUT2D eigenvalue weighted by atomic mass is 127. The van der Waals surface area contributed by atoms with Gasteiger partial charge in [-0.3, -0.25) is 4.99 Å². The maximum atomic E-state index is 14.0. The molecule has 2 N–H and O–H groups in total. The van der Waals surface area contributed by atoms with E-state index in [9.17, 15) is 8.78 Å². The van der Waals surface area contributed by atoms with Crippen LogP contribution in [0.2, 0.25) is 0 Å². The molecule has 29 heavy (non-hydrogen) atoms. The summed E-state index contributed by atoms with van der Waals surface area (Å²) in [6, 6.07) is 3.97. The molecule has 0 spiro atoms. The Balaban J connectivity index is 0.00000300.